The molecule has 8 heteroatoms. The molecule has 0 saturated carbocycles. The predicted octanol–water partition coefficient (Wildman–Crippen LogP) is 6.30. The van der Waals surface area contributed by atoms with Crippen LogP contribution in [0.2, 0.25) is 5.02 Å². The number of methoxy groups -OCH3 is 1. The Bertz CT molecular complexity index is 952. The second-order valence-corrected chi connectivity index (χ2v) is 12.9. The third-order valence-corrected chi connectivity index (χ3v) is 9.50. The van der Waals surface area contributed by atoms with Crippen molar-refractivity contribution in [3.8, 4) is 0 Å². The van der Waals surface area contributed by atoms with Gasteiger partial charge in [0.15, 0.2) is 0 Å². The second-order valence-electron chi connectivity index (χ2n) is 12.4. The van der Waals surface area contributed by atoms with Crippen LogP contribution in [-0.2, 0) is 9.47 Å². The lowest BCUT2D eigenvalue weighted by Gasteiger charge is -2.47. The fourth-order valence-corrected chi connectivity index (χ4v) is 6.81. The van der Waals surface area contributed by atoms with Gasteiger partial charge in [0.2, 0.25) is 0 Å². The maximum Gasteiger partial charge on any atom is 0.406 e. The van der Waals surface area contributed by atoms with Crippen LogP contribution in [-0.4, -0.2) is 69.6 Å². The summed E-state index contributed by atoms with van der Waals surface area (Å²) in [6.45, 7) is 15.6. The molecule has 0 radical (unpaired) electrons. The van der Waals surface area contributed by atoms with Crippen molar-refractivity contribution in [2.24, 2.45) is 11.3 Å². The van der Waals surface area contributed by atoms with Crippen LogP contribution in [0.1, 0.15) is 83.6 Å². The number of carbonyl (C=O) groups excluding carboxylic acids is 1. The SMILES string of the molecule is C=C(N[C@H](CNC)C[C@H]1CCC(C)(CC)OC1)N1CCC[C@@](C)([C@@H](CCCNC(=O)OC)c2cccc(Cl)c2)C1. The molecule has 1 amide bonds. The number of halogens is 1. The van der Waals surface area contributed by atoms with E-state index in [0.717, 1.165) is 82.0 Å². The van der Waals surface area contributed by atoms with Crippen LogP contribution < -0.4 is 16.0 Å². The first kappa shape index (κ1) is 32.6. The van der Waals surface area contributed by atoms with E-state index in [-0.39, 0.29) is 17.1 Å². The Morgan fingerprint density at radius 3 is 2.77 bits per heavy atom. The molecule has 2 aliphatic rings. The Morgan fingerprint density at radius 1 is 1.32 bits per heavy atom. The van der Waals surface area contributed by atoms with Gasteiger partial charge in [0.25, 0.3) is 0 Å². The molecule has 0 aromatic heterocycles. The van der Waals surface area contributed by atoms with Crippen molar-refractivity contribution < 1.29 is 14.3 Å². The maximum atomic E-state index is 11.6. The number of hydrogen-bond acceptors (Lipinski definition) is 6. The molecule has 226 valence electrons. The van der Waals surface area contributed by atoms with Gasteiger partial charge in [-0.05, 0) is 100 Å². The average Bonchev–Trinajstić information content (AvgIpc) is 2.94. The Morgan fingerprint density at radius 2 is 2.12 bits per heavy atom. The lowest BCUT2D eigenvalue weighted by Crippen LogP contribution is -2.49. The van der Waals surface area contributed by atoms with Crippen molar-refractivity contribution in [1.29, 1.82) is 0 Å². The minimum Gasteiger partial charge on any atom is -0.453 e. The number of amides is 1. The summed E-state index contributed by atoms with van der Waals surface area (Å²) in [6.07, 6.45) is 8.17. The number of piperidine rings is 1. The summed E-state index contributed by atoms with van der Waals surface area (Å²) < 4.78 is 11.0. The number of alkyl carbamates (subject to hydrolysis) is 1. The van der Waals surface area contributed by atoms with Gasteiger partial charge in [-0.1, -0.05) is 44.2 Å². The van der Waals surface area contributed by atoms with Gasteiger partial charge in [0.1, 0.15) is 0 Å². The first-order valence-electron chi connectivity index (χ1n) is 15.2. The molecular formula is C32H53ClN4O3. The number of carbonyl (C=O) groups is 1. The molecule has 2 saturated heterocycles. The molecule has 3 rings (SSSR count). The molecule has 7 nitrogen and oxygen atoms in total. The Balaban J connectivity index is 1.66. The largest absolute Gasteiger partial charge is 0.453 e. The van der Waals surface area contributed by atoms with Crippen molar-refractivity contribution in [3.63, 3.8) is 0 Å². The monoisotopic (exact) mass is 576 g/mol. The summed E-state index contributed by atoms with van der Waals surface area (Å²) in [5.74, 6) is 1.89. The summed E-state index contributed by atoms with van der Waals surface area (Å²) >= 11 is 6.44. The van der Waals surface area contributed by atoms with Crippen LogP contribution in [0.5, 0.6) is 0 Å². The van der Waals surface area contributed by atoms with Gasteiger partial charge in [-0.15, -0.1) is 0 Å². The zero-order valence-corrected chi connectivity index (χ0v) is 26.2. The first-order chi connectivity index (χ1) is 19.1. The highest BCUT2D eigenvalue weighted by Crippen LogP contribution is 2.46. The molecule has 2 aliphatic heterocycles. The number of nitrogens with zero attached hydrogens (tertiary/aromatic N) is 1. The summed E-state index contributed by atoms with van der Waals surface area (Å²) in [5.41, 5.74) is 1.34. The van der Waals surface area contributed by atoms with Crippen molar-refractivity contribution in [3.05, 3.63) is 47.3 Å². The van der Waals surface area contributed by atoms with Gasteiger partial charge < -0.3 is 30.3 Å². The smallest absolute Gasteiger partial charge is 0.406 e. The molecule has 0 spiro atoms. The molecule has 0 bridgehead atoms. The predicted molar refractivity (Wildman–Crippen MR) is 165 cm³/mol. The van der Waals surface area contributed by atoms with E-state index in [2.05, 4.69) is 60.3 Å². The van der Waals surface area contributed by atoms with Crippen LogP contribution in [0.15, 0.2) is 36.7 Å². The maximum absolute atomic E-state index is 11.6. The normalized spacial score (nSPS) is 26.6. The number of ether oxygens (including phenoxy) is 2. The summed E-state index contributed by atoms with van der Waals surface area (Å²) in [7, 11) is 3.42. The van der Waals surface area contributed by atoms with Gasteiger partial charge >= 0.3 is 6.09 Å². The summed E-state index contributed by atoms with van der Waals surface area (Å²) in [4.78, 5) is 14.0. The zero-order valence-electron chi connectivity index (χ0n) is 25.5. The zero-order chi connectivity index (χ0) is 29.2. The first-order valence-corrected chi connectivity index (χ1v) is 15.6. The number of benzene rings is 1. The molecular weight excluding hydrogens is 524 g/mol. The summed E-state index contributed by atoms with van der Waals surface area (Å²) in [5, 5.41) is 10.8. The van der Waals surface area contributed by atoms with Gasteiger partial charge in [-0.2, -0.15) is 0 Å². The van der Waals surface area contributed by atoms with E-state index in [0.29, 0.717) is 24.4 Å². The molecule has 3 N–H and O–H groups in total. The van der Waals surface area contributed by atoms with E-state index in [1.807, 2.05) is 19.2 Å². The number of rotatable bonds is 14. The van der Waals surface area contributed by atoms with E-state index >= 15 is 0 Å². The Hall–Kier alpha value is -1.96. The van der Waals surface area contributed by atoms with Gasteiger partial charge in [0.05, 0.1) is 25.1 Å². The van der Waals surface area contributed by atoms with E-state index < -0.39 is 0 Å². The molecule has 5 atom stereocenters. The van der Waals surface area contributed by atoms with Gasteiger partial charge in [-0.3, -0.25) is 0 Å². The standard InChI is InChI=1S/C32H53ClN4O3/c1-7-32(4)16-14-25(22-40-32)19-28(21-34-5)36-24(2)37-18-10-15-31(3,23-37)29(13-9-17-35-30(38)39-6)26-11-8-12-27(33)20-26/h8,11-12,20,25,28-29,34,36H,2,7,9-10,13-19,21-23H2,1,3-6H3,(H,35,38)/t25-,28+,29+,31-,32?/m1/s1. The highest BCUT2D eigenvalue weighted by Gasteiger charge is 2.39. The number of likely N-dealkylation sites (tertiary alicyclic amines) is 1. The number of likely N-dealkylation sites (N-methyl/N-ethyl adjacent to an activating group) is 1. The third-order valence-electron chi connectivity index (χ3n) is 9.26. The topological polar surface area (TPSA) is 74.9 Å². The molecule has 0 aliphatic carbocycles. The number of hydrogen-bond donors (Lipinski definition) is 3. The lowest BCUT2D eigenvalue weighted by molar-refractivity contribution is -0.0931. The van der Waals surface area contributed by atoms with Crippen molar-refractivity contribution in [2.45, 2.75) is 89.7 Å². The molecule has 40 heavy (non-hydrogen) atoms. The Labute approximate surface area is 247 Å². The highest BCUT2D eigenvalue weighted by atomic mass is 35.5. The molecule has 1 unspecified atom stereocenters. The van der Waals surface area contributed by atoms with Gasteiger partial charge in [-0.25, -0.2) is 4.79 Å². The second kappa shape index (κ2) is 15.3. The minimum absolute atomic E-state index is 0.0408. The third kappa shape index (κ3) is 9.28. The van der Waals surface area contributed by atoms with Crippen molar-refractivity contribution in [1.82, 2.24) is 20.9 Å². The van der Waals surface area contributed by atoms with E-state index in [9.17, 15) is 4.79 Å². The highest BCUT2D eigenvalue weighted by molar-refractivity contribution is 6.30. The van der Waals surface area contributed by atoms with E-state index in [4.69, 9.17) is 21.1 Å². The van der Waals surface area contributed by atoms with Crippen LogP contribution in [0, 0.1) is 11.3 Å². The summed E-state index contributed by atoms with van der Waals surface area (Å²) in [6, 6.07) is 8.58. The van der Waals surface area contributed by atoms with Crippen LogP contribution in [0.25, 0.3) is 0 Å². The molecule has 2 heterocycles. The van der Waals surface area contributed by atoms with E-state index in [1.165, 1.54) is 19.1 Å². The van der Waals surface area contributed by atoms with Crippen molar-refractivity contribution in [2.75, 3.05) is 46.9 Å². The van der Waals surface area contributed by atoms with Crippen molar-refractivity contribution >= 4 is 17.7 Å². The molecule has 1 aromatic carbocycles. The Kier molecular flexibility index (Phi) is 12.5. The molecule has 2 fully saturated rings. The quantitative estimate of drug-likeness (QED) is 0.226. The average molecular weight is 577 g/mol. The van der Waals surface area contributed by atoms with Crippen LogP contribution in [0.4, 0.5) is 4.79 Å². The molecule has 1 aromatic rings. The number of nitrogens with one attached hydrogen (secondary N) is 3. The van der Waals surface area contributed by atoms with Crippen LogP contribution >= 0.6 is 11.6 Å². The fraction of sp³-hybridized carbons (Fsp3) is 0.719. The lowest BCUT2D eigenvalue weighted by atomic mass is 9.67. The van der Waals surface area contributed by atoms with E-state index in [1.54, 1.807) is 0 Å². The fourth-order valence-electron chi connectivity index (χ4n) is 6.61. The van der Waals surface area contributed by atoms with Gasteiger partial charge in [0, 0.05) is 37.2 Å². The van der Waals surface area contributed by atoms with Crippen LogP contribution in [0.3, 0.4) is 0 Å². The minimum atomic E-state index is -0.382.